The van der Waals surface area contributed by atoms with Crippen LogP contribution in [0.15, 0.2) is 60.7 Å². The smallest absolute Gasteiger partial charge is 0.347 e. The number of ether oxygens (including phenoxy) is 3. The van der Waals surface area contributed by atoms with Crippen molar-refractivity contribution in [3.05, 3.63) is 76.8 Å². The Morgan fingerprint density at radius 3 is 2.48 bits per heavy atom. The van der Waals surface area contributed by atoms with Gasteiger partial charge >= 0.3 is 11.9 Å². The lowest BCUT2D eigenvalue weighted by Gasteiger charge is -2.27. The first-order valence-corrected chi connectivity index (χ1v) is 15.5. The van der Waals surface area contributed by atoms with E-state index in [0.29, 0.717) is 28.2 Å². The molecule has 1 fully saturated rings. The van der Waals surface area contributed by atoms with Crippen LogP contribution in [-0.2, 0) is 35.1 Å². The van der Waals surface area contributed by atoms with Crippen molar-refractivity contribution < 1.29 is 33.4 Å². The number of amides is 2. The van der Waals surface area contributed by atoms with E-state index in [1.807, 2.05) is 25.1 Å². The van der Waals surface area contributed by atoms with Crippen molar-refractivity contribution in [2.24, 2.45) is 17.8 Å². The Bertz CT molecular complexity index is 1360. The highest BCUT2D eigenvalue weighted by Gasteiger charge is 2.45. The fraction of sp³-hybridized carbons (Fsp3) is 0.471. The van der Waals surface area contributed by atoms with Gasteiger partial charge in [-0.05, 0) is 59.9 Å². The monoisotopic (exact) mass is 624 g/mol. The molecule has 9 nitrogen and oxygen atoms in total. The van der Waals surface area contributed by atoms with Crippen molar-refractivity contribution in [1.29, 1.82) is 0 Å². The maximum atomic E-state index is 13.2. The van der Waals surface area contributed by atoms with Crippen LogP contribution >= 0.6 is 11.6 Å². The number of nitrogens with one attached hydrogen (secondary N) is 2. The van der Waals surface area contributed by atoms with Crippen LogP contribution in [0, 0.1) is 17.8 Å². The Kier molecular flexibility index (Phi) is 11.4. The van der Waals surface area contributed by atoms with Gasteiger partial charge < -0.3 is 24.8 Å². The molecule has 10 heteroatoms. The Labute approximate surface area is 263 Å². The second kappa shape index (κ2) is 15.2. The van der Waals surface area contributed by atoms with Gasteiger partial charge in [-0.15, -0.1) is 0 Å². The zero-order valence-electron chi connectivity index (χ0n) is 25.6. The van der Waals surface area contributed by atoms with Gasteiger partial charge in [-0.25, -0.2) is 4.79 Å². The molecule has 1 aliphatic carbocycles. The first-order valence-electron chi connectivity index (χ1n) is 15.1. The van der Waals surface area contributed by atoms with Gasteiger partial charge in [0.2, 0.25) is 11.8 Å². The summed E-state index contributed by atoms with van der Waals surface area (Å²) < 4.78 is 16.7. The van der Waals surface area contributed by atoms with Crippen LogP contribution in [0.2, 0.25) is 5.02 Å². The first kappa shape index (κ1) is 33.1. The van der Waals surface area contributed by atoms with E-state index in [-0.39, 0.29) is 31.7 Å². The molecule has 0 bridgehead atoms. The lowest BCUT2D eigenvalue weighted by atomic mass is 9.93. The fourth-order valence-corrected chi connectivity index (χ4v) is 5.86. The van der Waals surface area contributed by atoms with Gasteiger partial charge in [0.25, 0.3) is 0 Å². The van der Waals surface area contributed by atoms with E-state index in [1.165, 1.54) is 18.7 Å². The molecule has 44 heavy (non-hydrogen) atoms. The summed E-state index contributed by atoms with van der Waals surface area (Å²) in [5, 5.41) is 5.87. The van der Waals surface area contributed by atoms with Crippen molar-refractivity contribution in [2.75, 3.05) is 13.7 Å². The van der Waals surface area contributed by atoms with Gasteiger partial charge in [0.15, 0.2) is 6.10 Å². The largest absolute Gasteiger partial charge is 0.495 e. The molecule has 1 heterocycles. The van der Waals surface area contributed by atoms with Gasteiger partial charge in [0.1, 0.15) is 17.9 Å². The van der Waals surface area contributed by atoms with E-state index >= 15 is 0 Å². The van der Waals surface area contributed by atoms with Gasteiger partial charge in [0, 0.05) is 19.4 Å². The number of carbonyl (C=O) groups excluding carboxylic acids is 4. The lowest BCUT2D eigenvalue weighted by Crippen LogP contribution is -2.49. The third-order valence-electron chi connectivity index (χ3n) is 8.40. The Balaban J connectivity index is 1.55. The van der Waals surface area contributed by atoms with Crippen molar-refractivity contribution in [2.45, 2.75) is 70.6 Å². The van der Waals surface area contributed by atoms with Crippen molar-refractivity contribution in [3.8, 4) is 5.75 Å². The molecule has 1 saturated carbocycles. The summed E-state index contributed by atoms with van der Waals surface area (Å²) in [5.41, 5.74) is 1.96. The summed E-state index contributed by atoms with van der Waals surface area (Å²) in [4.78, 5) is 52.4. The molecular formula is C34H41ClN2O7. The van der Waals surface area contributed by atoms with E-state index in [1.54, 1.807) is 38.1 Å². The highest BCUT2D eigenvalue weighted by molar-refractivity contribution is 6.32. The predicted molar refractivity (Wildman–Crippen MR) is 166 cm³/mol. The second-order valence-electron chi connectivity index (χ2n) is 11.6. The number of cyclic esters (lactones) is 2. The molecule has 2 N–H and O–H groups in total. The molecule has 0 unspecified atom stereocenters. The Hall–Kier alpha value is -3.85. The topological polar surface area (TPSA) is 120 Å². The number of methoxy groups -OCH3 is 1. The van der Waals surface area contributed by atoms with Crippen LogP contribution < -0.4 is 15.4 Å². The summed E-state index contributed by atoms with van der Waals surface area (Å²) in [6, 6.07) is 14.4. The molecule has 0 saturated heterocycles. The third kappa shape index (κ3) is 8.62. The van der Waals surface area contributed by atoms with Crippen molar-refractivity contribution >= 4 is 35.4 Å². The van der Waals surface area contributed by atoms with E-state index in [4.69, 9.17) is 25.8 Å². The molecule has 4 rings (SSSR count). The zero-order valence-corrected chi connectivity index (χ0v) is 26.3. The zero-order chi connectivity index (χ0) is 31.8. The standard InChI is InChI=1S/C34H41ClN2O7/c1-5-28-34(41)44-29(21(3)24-18-25(24)23-10-7-6-8-11-23)12-9-13-31(38)37-27(32(39)36-19-20(2)33(40)43-28)17-22-14-15-30(42-4)26(35)16-22/h6-11,13-16,20-21,24-25,27-29H,5,12,17-19H2,1-4H3,(H,36,39)(H,37,38)/b13-9+/t20-,21-,24-,25-,27-,28+,29+/m1/s1. The molecule has 0 spiro atoms. The van der Waals surface area contributed by atoms with E-state index in [0.717, 1.165) is 6.42 Å². The van der Waals surface area contributed by atoms with E-state index in [2.05, 4.69) is 22.8 Å². The second-order valence-corrected chi connectivity index (χ2v) is 12.0. The minimum Gasteiger partial charge on any atom is -0.495 e. The molecular weight excluding hydrogens is 584 g/mol. The average molecular weight is 625 g/mol. The Morgan fingerprint density at radius 2 is 1.80 bits per heavy atom. The number of carbonyl (C=O) groups is 4. The van der Waals surface area contributed by atoms with Crippen LogP contribution in [0.1, 0.15) is 57.1 Å². The minimum atomic E-state index is -1.08. The van der Waals surface area contributed by atoms with Gasteiger partial charge in [0.05, 0.1) is 18.1 Å². The van der Waals surface area contributed by atoms with Crippen LogP contribution in [0.5, 0.6) is 5.75 Å². The number of hydrogen-bond donors (Lipinski definition) is 2. The summed E-state index contributed by atoms with van der Waals surface area (Å²) in [6.45, 7) is 5.35. The number of rotatable bonds is 7. The average Bonchev–Trinajstić information content (AvgIpc) is 3.82. The highest BCUT2D eigenvalue weighted by Crippen LogP contribution is 2.53. The quantitative estimate of drug-likeness (QED) is 0.426. The number of benzene rings is 2. The maximum Gasteiger partial charge on any atom is 0.347 e. The minimum absolute atomic E-state index is 0.0128. The number of hydrogen-bond acceptors (Lipinski definition) is 7. The SMILES string of the molecule is CC[C@@H]1OC(=O)[C@H](C)CNC(=O)[C@@H](Cc2ccc(OC)c(Cl)c2)NC(=O)/C=C/C[C@@H]([C@H](C)[C@H]2C[C@@H]2c2ccccc2)OC1=O. The normalized spacial score (nSPS) is 28.1. The van der Waals surface area contributed by atoms with Crippen LogP contribution in [-0.4, -0.2) is 55.7 Å². The molecule has 2 aromatic carbocycles. The Morgan fingerprint density at radius 1 is 1.05 bits per heavy atom. The number of halogens is 1. The highest BCUT2D eigenvalue weighted by atomic mass is 35.5. The molecule has 0 aromatic heterocycles. The van der Waals surface area contributed by atoms with Gasteiger partial charge in [-0.3, -0.25) is 14.4 Å². The molecule has 7 atom stereocenters. The molecule has 0 radical (unpaired) electrons. The summed E-state index contributed by atoms with van der Waals surface area (Å²) in [7, 11) is 1.51. The molecule has 2 amide bonds. The first-order chi connectivity index (χ1) is 21.1. The van der Waals surface area contributed by atoms with Crippen LogP contribution in [0.3, 0.4) is 0 Å². The van der Waals surface area contributed by atoms with Crippen LogP contribution in [0.4, 0.5) is 0 Å². The van der Waals surface area contributed by atoms with E-state index < -0.39 is 47.9 Å². The lowest BCUT2D eigenvalue weighted by molar-refractivity contribution is -0.175. The number of esters is 2. The van der Waals surface area contributed by atoms with Crippen molar-refractivity contribution in [1.82, 2.24) is 10.6 Å². The summed E-state index contributed by atoms with van der Waals surface area (Å²) in [6.07, 6.45) is 3.06. The molecule has 2 aromatic rings. The predicted octanol–water partition coefficient (Wildman–Crippen LogP) is 4.76. The van der Waals surface area contributed by atoms with Gasteiger partial charge in [-0.2, -0.15) is 0 Å². The van der Waals surface area contributed by atoms with Crippen molar-refractivity contribution in [3.63, 3.8) is 0 Å². The summed E-state index contributed by atoms with van der Waals surface area (Å²) >= 11 is 6.29. The molecule has 2 aliphatic rings. The van der Waals surface area contributed by atoms with Gasteiger partial charge in [-0.1, -0.05) is 74.8 Å². The fourth-order valence-electron chi connectivity index (χ4n) is 5.58. The molecule has 236 valence electrons. The third-order valence-corrected chi connectivity index (χ3v) is 8.70. The molecule has 1 aliphatic heterocycles. The van der Waals surface area contributed by atoms with Crippen LogP contribution in [0.25, 0.3) is 0 Å². The maximum absolute atomic E-state index is 13.2. The van der Waals surface area contributed by atoms with E-state index in [9.17, 15) is 19.2 Å². The summed E-state index contributed by atoms with van der Waals surface area (Å²) in [5.74, 6) is -1.78.